The quantitative estimate of drug-likeness (QED) is 0.197. The topological polar surface area (TPSA) is 87.4 Å². The molecule has 0 aromatic carbocycles. The predicted molar refractivity (Wildman–Crippen MR) is 125 cm³/mol. The molecule has 162 valence electrons. The molecular formula is C19H38IN7O. The Labute approximate surface area is 187 Å². The maximum Gasteiger partial charge on any atom is 0.243 e. The van der Waals surface area contributed by atoms with Crippen LogP contribution in [-0.4, -0.2) is 64.8 Å². The minimum absolute atomic E-state index is 0. The van der Waals surface area contributed by atoms with Crippen LogP contribution < -0.4 is 10.6 Å². The summed E-state index contributed by atoms with van der Waals surface area (Å²) in [6, 6.07) is 0.309. The first-order valence-corrected chi connectivity index (χ1v) is 10.1. The Morgan fingerprint density at radius 3 is 2.68 bits per heavy atom. The second kappa shape index (κ2) is 15.5. The van der Waals surface area contributed by atoms with Gasteiger partial charge in [0.05, 0.1) is 0 Å². The lowest BCUT2D eigenvalue weighted by Crippen LogP contribution is -2.44. The fraction of sp³-hybridized carbons (Fsp3) is 0.789. The molecule has 1 unspecified atom stereocenters. The van der Waals surface area contributed by atoms with E-state index < -0.39 is 0 Å². The van der Waals surface area contributed by atoms with Crippen molar-refractivity contribution in [2.75, 3.05) is 27.2 Å². The lowest BCUT2D eigenvalue weighted by atomic mass is 10.1. The fourth-order valence-electron chi connectivity index (χ4n) is 2.66. The number of unbranched alkanes of at least 4 members (excludes halogenated alkanes) is 3. The van der Waals surface area contributed by atoms with Gasteiger partial charge in [-0.3, -0.25) is 4.79 Å². The van der Waals surface area contributed by atoms with Crippen molar-refractivity contribution in [1.29, 1.82) is 0 Å². The van der Waals surface area contributed by atoms with Crippen molar-refractivity contribution in [3.05, 3.63) is 12.2 Å². The standard InChI is InChI=1S/C19H37N7O.HI/c1-6-8-9-10-11-16(3)23-19(21-14-18(27)25(4)5)20-12-13-26-15-22-24-17(26)7-2;/h15-16H,6-14H2,1-5H3,(H2,20,21,23);1H. The maximum atomic E-state index is 11.9. The van der Waals surface area contributed by atoms with Gasteiger partial charge in [0.25, 0.3) is 0 Å². The Morgan fingerprint density at radius 2 is 2.04 bits per heavy atom. The predicted octanol–water partition coefficient (Wildman–Crippen LogP) is 2.44. The number of amides is 1. The van der Waals surface area contributed by atoms with Crippen LogP contribution in [0.4, 0.5) is 0 Å². The number of aromatic nitrogens is 3. The van der Waals surface area contributed by atoms with E-state index in [1.807, 2.05) is 4.57 Å². The Balaban J connectivity index is 0.00000729. The van der Waals surface area contributed by atoms with Crippen LogP contribution in [0.25, 0.3) is 0 Å². The van der Waals surface area contributed by atoms with Crippen LogP contribution in [0.5, 0.6) is 0 Å². The SMILES string of the molecule is CCCCCCC(C)NC(=NCC(=O)N(C)C)NCCn1cnnc1CC.I. The fourth-order valence-corrected chi connectivity index (χ4v) is 2.66. The largest absolute Gasteiger partial charge is 0.355 e. The van der Waals surface area contributed by atoms with Gasteiger partial charge in [-0.25, -0.2) is 4.99 Å². The number of rotatable bonds is 12. The second-order valence-corrected chi connectivity index (χ2v) is 7.07. The van der Waals surface area contributed by atoms with Crippen molar-refractivity contribution in [3.63, 3.8) is 0 Å². The minimum Gasteiger partial charge on any atom is -0.355 e. The van der Waals surface area contributed by atoms with Crippen molar-refractivity contribution in [3.8, 4) is 0 Å². The van der Waals surface area contributed by atoms with Crippen molar-refractivity contribution in [2.24, 2.45) is 4.99 Å². The molecule has 1 aromatic heterocycles. The molecule has 28 heavy (non-hydrogen) atoms. The zero-order valence-electron chi connectivity index (χ0n) is 18.1. The summed E-state index contributed by atoms with van der Waals surface area (Å²) in [5.41, 5.74) is 0. The molecule has 0 saturated heterocycles. The summed E-state index contributed by atoms with van der Waals surface area (Å²) in [5, 5.41) is 14.8. The molecule has 0 aliphatic heterocycles. The first-order valence-electron chi connectivity index (χ1n) is 10.1. The van der Waals surface area contributed by atoms with Gasteiger partial charge in [-0.1, -0.05) is 39.5 Å². The number of carbonyl (C=O) groups is 1. The van der Waals surface area contributed by atoms with E-state index in [1.165, 1.54) is 25.7 Å². The van der Waals surface area contributed by atoms with Crippen LogP contribution in [0.15, 0.2) is 11.3 Å². The monoisotopic (exact) mass is 507 g/mol. The highest BCUT2D eigenvalue weighted by atomic mass is 127. The van der Waals surface area contributed by atoms with Gasteiger partial charge in [-0.15, -0.1) is 34.2 Å². The summed E-state index contributed by atoms with van der Waals surface area (Å²) in [7, 11) is 3.49. The van der Waals surface area contributed by atoms with Gasteiger partial charge in [-0.05, 0) is 13.3 Å². The zero-order valence-corrected chi connectivity index (χ0v) is 20.4. The molecule has 0 fully saturated rings. The summed E-state index contributed by atoms with van der Waals surface area (Å²) in [6.45, 7) is 8.02. The molecule has 0 radical (unpaired) electrons. The number of hydrogen-bond donors (Lipinski definition) is 2. The van der Waals surface area contributed by atoms with E-state index in [-0.39, 0.29) is 36.4 Å². The number of carbonyl (C=O) groups excluding carboxylic acids is 1. The highest BCUT2D eigenvalue weighted by molar-refractivity contribution is 14.0. The third-order valence-electron chi connectivity index (χ3n) is 4.40. The van der Waals surface area contributed by atoms with Crippen LogP contribution >= 0.6 is 24.0 Å². The summed E-state index contributed by atoms with van der Waals surface area (Å²) in [5.74, 6) is 1.63. The Bertz CT molecular complexity index is 574. The third kappa shape index (κ3) is 10.8. The highest BCUT2D eigenvalue weighted by Crippen LogP contribution is 2.05. The number of aryl methyl sites for hydroxylation is 1. The first kappa shape index (κ1) is 26.6. The third-order valence-corrected chi connectivity index (χ3v) is 4.40. The molecule has 0 aliphatic rings. The molecular weight excluding hydrogens is 469 g/mol. The molecule has 2 N–H and O–H groups in total. The molecule has 0 aliphatic carbocycles. The lowest BCUT2D eigenvalue weighted by molar-refractivity contribution is -0.127. The number of nitrogens with one attached hydrogen (secondary N) is 2. The number of hydrogen-bond acceptors (Lipinski definition) is 4. The Morgan fingerprint density at radius 1 is 1.29 bits per heavy atom. The number of aliphatic imine (C=N–C) groups is 1. The maximum absolute atomic E-state index is 11.9. The molecule has 0 saturated carbocycles. The average Bonchev–Trinajstić information content (AvgIpc) is 3.10. The van der Waals surface area contributed by atoms with Crippen molar-refractivity contribution < 1.29 is 4.79 Å². The van der Waals surface area contributed by atoms with Crippen LogP contribution in [-0.2, 0) is 17.8 Å². The second-order valence-electron chi connectivity index (χ2n) is 7.07. The summed E-state index contributed by atoms with van der Waals surface area (Å²) >= 11 is 0. The van der Waals surface area contributed by atoms with E-state index in [0.717, 1.165) is 25.2 Å². The number of likely N-dealkylation sites (N-methyl/N-ethyl adjacent to an activating group) is 1. The summed E-state index contributed by atoms with van der Waals surface area (Å²) < 4.78 is 2.03. The normalized spacial score (nSPS) is 12.2. The van der Waals surface area contributed by atoms with Gasteiger partial charge in [0, 0.05) is 39.6 Å². The molecule has 1 rings (SSSR count). The van der Waals surface area contributed by atoms with E-state index in [2.05, 4.69) is 46.6 Å². The molecule has 0 spiro atoms. The van der Waals surface area contributed by atoms with Crippen LogP contribution in [0.1, 0.15) is 58.7 Å². The van der Waals surface area contributed by atoms with E-state index >= 15 is 0 Å². The van der Waals surface area contributed by atoms with Crippen LogP contribution in [0.3, 0.4) is 0 Å². The molecule has 1 amide bonds. The summed E-state index contributed by atoms with van der Waals surface area (Å²) in [6.07, 6.45) is 8.67. The number of halogens is 1. The van der Waals surface area contributed by atoms with E-state index in [0.29, 0.717) is 18.5 Å². The molecule has 8 nitrogen and oxygen atoms in total. The average molecular weight is 507 g/mol. The van der Waals surface area contributed by atoms with Gasteiger partial charge < -0.3 is 20.1 Å². The molecule has 1 heterocycles. The first-order chi connectivity index (χ1) is 13.0. The van der Waals surface area contributed by atoms with Crippen LogP contribution in [0.2, 0.25) is 0 Å². The van der Waals surface area contributed by atoms with Crippen LogP contribution in [0, 0.1) is 0 Å². The van der Waals surface area contributed by atoms with Gasteiger partial charge >= 0.3 is 0 Å². The zero-order chi connectivity index (χ0) is 20.1. The van der Waals surface area contributed by atoms with E-state index in [4.69, 9.17) is 0 Å². The van der Waals surface area contributed by atoms with Crippen molar-refractivity contribution >= 4 is 35.8 Å². The molecule has 0 bridgehead atoms. The minimum atomic E-state index is -0.0150. The van der Waals surface area contributed by atoms with Gasteiger partial charge in [0.2, 0.25) is 5.91 Å². The molecule has 9 heteroatoms. The Hall–Kier alpha value is -1.39. The van der Waals surface area contributed by atoms with E-state index in [1.54, 1.807) is 25.3 Å². The van der Waals surface area contributed by atoms with E-state index in [9.17, 15) is 4.79 Å². The van der Waals surface area contributed by atoms with Gasteiger partial charge in [0.15, 0.2) is 5.96 Å². The van der Waals surface area contributed by atoms with Crippen molar-refractivity contribution in [2.45, 2.75) is 71.9 Å². The molecule has 1 aromatic rings. The number of guanidine groups is 1. The smallest absolute Gasteiger partial charge is 0.243 e. The van der Waals surface area contributed by atoms with Gasteiger partial charge in [-0.2, -0.15) is 0 Å². The molecule has 1 atom stereocenters. The lowest BCUT2D eigenvalue weighted by Gasteiger charge is -2.19. The highest BCUT2D eigenvalue weighted by Gasteiger charge is 2.09. The Kier molecular flexibility index (Phi) is 14.8. The van der Waals surface area contributed by atoms with Crippen molar-refractivity contribution in [1.82, 2.24) is 30.3 Å². The number of nitrogens with zero attached hydrogens (tertiary/aromatic N) is 5. The summed E-state index contributed by atoms with van der Waals surface area (Å²) in [4.78, 5) is 17.9. The van der Waals surface area contributed by atoms with Gasteiger partial charge in [0.1, 0.15) is 18.7 Å².